The van der Waals surface area contributed by atoms with Gasteiger partial charge in [0.2, 0.25) is 11.8 Å². The van der Waals surface area contributed by atoms with Gasteiger partial charge in [-0.2, -0.15) is 21.9 Å². The number of nitrogen functional groups attached to an aromatic ring is 1. The van der Waals surface area contributed by atoms with Gasteiger partial charge in [-0.05, 0) is 74.1 Å². The van der Waals surface area contributed by atoms with Gasteiger partial charge in [0.05, 0.1) is 77.2 Å². The number of aliphatic hydroxyl groups is 1. The number of thioether (sulfide) groups is 1. The second kappa shape index (κ2) is 32.4. The number of phosphoric acid groups is 2. The van der Waals surface area contributed by atoms with Gasteiger partial charge in [0, 0.05) is 60.8 Å². The number of aliphatic hydroxyl groups excluding tert-OH is 1. The van der Waals surface area contributed by atoms with E-state index >= 15 is 0 Å². The van der Waals surface area contributed by atoms with Gasteiger partial charge in [-0.15, -0.1) is 5.11 Å². The Morgan fingerprint density at radius 2 is 1.48 bits per heavy atom. The lowest BCUT2D eigenvalue weighted by atomic mass is 10.0. The molecule has 0 aliphatic carbocycles. The number of phosphoric ester groups is 2. The second-order valence-electron chi connectivity index (χ2n) is 18.7. The number of phenols is 1. The number of aromatic nitrogens is 2. The molecule has 0 spiro atoms. The minimum atomic E-state index is -5.28. The Hall–Kier alpha value is -5.47. The molecule has 3 aromatic rings. The number of aryl methyl sites for hydroxylation is 1. The van der Waals surface area contributed by atoms with Gasteiger partial charge >= 0.3 is 27.4 Å². The van der Waals surface area contributed by atoms with Crippen LogP contribution in [0.4, 0.5) is 22.0 Å². The van der Waals surface area contributed by atoms with E-state index in [1.54, 1.807) is 24.3 Å². The Kier molecular flexibility index (Phi) is 25.9. The normalized spacial score (nSPS) is 20.8. The molecule has 81 heavy (non-hydrogen) atoms. The summed E-state index contributed by atoms with van der Waals surface area (Å²) in [6.07, 6.45) is -1.78. The van der Waals surface area contributed by atoms with Crippen molar-refractivity contribution in [2.24, 2.45) is 10.2 Å². The summed E-state index contributed by atoms with van der Waals surface area (Å²) < 4.78 is 60.1. The molecule has 4 heterocycles. The van der Waals surface area contributed by atoms with Crippen molar-refractivity contribution < 1.29 is 90.8 Å². The summed E-state index contributed by atoms with van der Waals surface area (Å²) in [4.78, 5) is 102. The number of nitrogens with zero attached hydrogens (tertiary/aromatic N) is 4. The SMILES string of the molecule is Nc1nc(=O)n([C@@H]2O[C@H](COP(=O)(O)O)C(OP(=O)(O)O)C2O)cc1CCCNC(=O)c1ccc(/N=N/c2cc(CCNC(=O)CCOCCOCCOCCOCCNC(=O)CCCC[C@@H]3SC[C@@H]4NC(=O)N[C@@H]43)ccc2O)cc1. The van der Waals surface area contributed by atoms with Crippen molar-refractivity contribution in [3.8, 4) is 5.75 Å². The molecule has 13 N–H and O–H groups in total. The van der Waals surface area contributed by atoms with Crippen molar-refractivity contribution >= 4 is 68.4 Å². The predicted octanol–water partition coefficient (Wildman–Crippen LogP) is 1.11. The van der Waals surface area contributed by atoms with E-state index in [9.17, 15) is 53.1 Å². The predicted molar refractivity (Wildman–Crippen MR) is 289 cm³/mol. The Morgan fingerprint density at radius 1 is 0.802 bits per heavy atom. The van der Waals surface area contributed by atoms with Crippen LogP contribution in [0, 0.1) is 0 Å². The number of ether oxygens (including phenoxy) is 5. The molecule has 0 radical (unpaired) electrons. The highest BCUT2D eigenvalue weighted by Gasteiger charge is 2.49. The van der Waals surface area contributed by atoms with Crippen LogP contribution in [-0.2, 0) is 64.3 Å². The topological polar surface area (TPSA) is 434 Å². The van der Waals surface area contributed by atoms with Crippen LogP contribution < -0.4 is 38.0 Å². The number of nitrogens with one attached hydrogen (secondary N) is 5. The number of carbonyl (C=O) groups is 4. The number of urea groups is 1. The number of anilines is 1. The van der Waals surface area contributed by atoms with Crippen molar-refractivity contribution in [1.29, 1.82) is 0 Å². The lowest BCUT2D eigenvalue weighted by Gasteiger charge is -2.21. The summed E-state index contributed by atoms with van der Waals surface area (Å²) >= 11 is 1.87. The molecule has 6 rings (SSSR count). The molecule has 3 aliphatic rings. The third-order valence-corrected chi connectivity index (χ3v) is 15.1. The van der Waals surface area contributed by atoms with Crippen molar-refractivity contribution in [2.45, 2.75) is 93.2 Å². The molecule has 448 valence electrons. The molecule has 0 bridgehead atoms. The summed E-state index contributed by atoms with van der Waals surface area (Å²) in [7, 11) is -10.4. The van der Waals surface area contributed by atoms with Crippen LogP contribution in [0.3, 0.4) is 0 Å². The zero-order valence-corrected chi connectivity index (χ0v) is 46.7. The van der Waals surface area contributed by atoms with E-state index in [1.807, 2.05) is 11.8 Å². The lowest BCUT2D eigenvalue weighted by Crippen LogP contribution is -2.38. The van der Waals surface area contributed by atoms with Crippen molar-refractivity contribution in [3.63, 3.8) is 0 Å². The van der Waals surface area contributed by atoms with E-state index in [4.69, 9.17) is 39.2 Å². The number of amides is 5. The van der Waals surface area contributed by atoms with E-state index < -0.39 is 58.4 Å². The maximum atomic E-state index is 12.9. The minimum absolute atomic E-state index is 0.00104. The van der Waals surface area contributed by atoms with E-state index in [0.717, 1.165) is 35.1 Å². The number of hydrogen-bond acceptors (Lipinski definition) is 21. The number of hydrogen-bond donors (Lipinski definition) is 12. The van der Waals surface area contributed by atoms with Crippen molar-refractivity contribution in [2.75, 3.05) is 90.6 Å². The van der Waals surface area contributed by atoms with Gasteiger partial charge in [-0.3, -0.25) is 28.0 Å². The monoisotopic (exact) mass is 1200 g/mol. The Bertz CT molecular complexity index is 2740. The molecule has 30 nitrogen and oxygen atoms in total. The summed E-state index contributed by atoms with van der Waals surface area (Å²) in [5.41, 5.74) is 6.85. The molecule has 3 saturated heterocycles. The zero-order chi connectivity index (χ0) is 58.4. The zero-order valence-electron chi connectivity index (χ0n) is 44.1. The molecule has 7 atom stereocenters. The largest absolute Gasteiger partial charge is 0.506 e. The third kappa shape index (κ3) is 22.3. The summed E-state index contributed by atoms with van der Waals surface area (Å²) in [5.74, 6) is 0.00279. The number of carbonyl (C=O) groups excluding carboxylic acids is 4. The summed E-state index contributed by atoms with van der Waals surface area (Å²) in [5, 5.41) is 44.4. The number of azo groups is 1. The maximum absolute atomic E-state index is 12.9. The molecular weight excluding hydrogens is 1130 g/mol. The minimum Gasteiger partial charge on any atom is -0.506 e. The molecule has 2 unspecified atom stereocenters. The standard InChI is InChI=1S/C48H70N10O20P2S/c49-44-32(27-58(48(65)55-44)46-42(62)43(78-80(69,70)71)37(77-46)28-76-79(66,67)68)4-3-15-52-45(63)31-8-10-33(11-9-31)56-57-34-26-30(7-12-36(34)59)13-16-50-40(61)14-18-72-20-22-74-24-25-75-23-21-73-19-17-51-39(60)6-2-1-5-38-41-35(29-81-38)53-47(64)54-41/h7-12,26-27,35,37-38,41-43,46,59,62H,1-6,13-25,28-29H2,(H,50,61)(H,51,60)(H,52,63)(H2,49,55,65)(H2,53,54,64)(H2,66,67,68)(H2,69,70,71)/b57-56+/t35-,37+,38-,41-,42?,43?,46+/m0/s1. The molecule has 3 fully saturated rings. The smallest absolute Gasteiger partial charge is 0.470 e. The van der Waals surface area contributed by atoms with Gasteiger partial charge < -0.3 is 85.8 Å². The number of nitrogens with two attached hydrogens (primary N) is 1. The quantitative estimate of drug-likeness (QED) is 0.0168. The fraction of sp³-hybridized carbons (Fsp3) is 0.583. The van der Waals surface area contributed by atoms with Crippen LogP contribution in [0.25, 0.3) is 0 Å². The molecule has 0 saturated carbocycles. The van der Waals surface area contributed by atoms with Gasteiger partial charge in [0.25, 0.3) is 5.91 Å². The highest BCUT2D eigenvalue weighted by molar-refractivity contribution is 8.00. The van der Waals surface area contributed by atoms with Crippen LogP contribution in [0.2, 0.25) is 0 Å². The van der Waals surface area contributed by atoms with E-state index in [2.05, 4.69) is 50.8 Å². The van der Waals surface area contributed by atoms with E-state index in [0.29, 0.717) is 88.7 Å². The highest BCUT2D eigenvalue weighted by Crippen LogP contribution is 2.45. The molecule has 5 amide bonds. The van der Waals surface area contributed by atoms with E-state index in [1.165, 1.54) is 24.4 Å². The first kappa shape index (κ1) is 64.7. The van der Waals surface area contributed by atoms with Crippen LogP contribution in [-0.4, -0.2) is 184 Å². The Balaban J connectivity index is 0.774. The molecule has 2 aromatic carbocycles. The van der Waals surface area contributed by atoms with Gasteiger partial charge in [0.1, 0.15) is 35.6 Å². The summed E-state index contributed by atoms with van der Waals surface area (Å²) in [6.45, 7) is 2.68. The number of unbranched alkanes of at least 4 members (excludes halogenated alkanes) is 1. The van der Waals surface area contributed by atoms with Crippen LogP contribution in [0.1, 0.15) is 66.2 Å². The number of phenolic OH excluding ortho intramolecular Hbond substituents is 1. The number of aromatic hydroxyl groups is 1. The van der Waals surface area contributed by atoms with Crippen molar-refractivity contribution in [3.05, 3.63) is 75.8 Å². The van der Waals surface area contributed by atoms with Crippen LogP contribution in [0.15, 0.2) is 63.7 Å². The van der Waals surface area contributed by atoms with Crippen LogP contribution >= 0.6 is 27.4 Å². The van der Waals surface area contributed by atoms with Crippen molar-refractivity contribution in [1.82, 2.24) is 36.1 Å². The molecule has 1 aromatic heterocycles. The number of benzene rings is 2. The Labute approximate surface area is 469 Å². The average molecular weight is 1200 g/mol. The average Bonchev–Trinajstić information content (AvgIpc) is 4.16. The van der Waals surface area contributed by atoms with Gasteiger partial charge in [-0.1, -0.05) is 12.5 Å². The first-order chi connectivity index (χ1) is 38.7. The number of fused-ring (bicyclic) bond motifs is 1. The van der Waals surface area contributed by atoms with Crippen LogP contribution in [0.5, 0.6) is 5.75 Å². The second-order valence-corrected chi connectivity index (χ2v) is 22.4. The Morgan fingerprint density at radius 3 is 2.19 bits per heavy atom. The van der Waals surface area contributed by atoms with E-state index in [-0.39, 0.29) is 85.2 Å². The molecule has 33 heteroatoms. The number of rotatable bonds is 36. The molecule has 3 aliphatic heterocycles. The fourth-order valence-corrected chi connectivity index (χ4v) is 11.1. The lowest BCUT2D eigenvalue weighted by molar-refractivity contribution is -0.122. The van der Waals surface area contributed by atoms with Gasteiger partial charge in [-0.25, -0.2) is 18.7 Å². The summed E-state index contributed by atoms with van der Waals surface area (Å²) in [6, 6.07) is 11.3. The molecular formula is C48H70N10O20P2S. The van der Waals surface area contributed by atoms with Gasteiger partial charge in [0.15, 0.2) is 6.23 Å². The first-order valence-corrected chi connectivity index (χ1v) is 30.1. The fourth-order valence-electron chi connectivity index (χ4n) is 8.60. The first-order valence-electron chi connectivity index (χ1n) is 26.0. The third-order valence-electron chi connectivity index (χ3n) is 12.6. The maximum Gasteiger partial charge on any atom is 0.470 e. The highest BCUT2D eigenvalue weighted by atomic mass is 32.2.